The van der Waals surface area contributed by atoms with Gasteiger partial charge in [0.25, 0.3) is 5.91 Å². The van der Waals surface area contributed by atoms with Crippen molar-refractivity contribution in [3.05, 3.63) is 58.9 Å². The first-order valence-corrected chi connectivity index (χ1v) is 12.3. The third kappa shape index (κ3) is 4.29. The summed E-state index contributed by atoms with van der Waals surface area (Å²) in [4.78, 5) is 24.1. The molecule has 1 amide bonds. The molecule has 2 saturated carbocycles. The Kier molecular flexibility index (Phi) is 5.21. The molecule has 2 aromatic rings. The van der Waals surface area contributed by atoms with Gasteiger partial charge >= 0.3 is 0 Å². The average molecular weight is 445 g/mol. The summed E-state index contributed by atoms with van der Waals surface area (Å²) in [6.07, 6.45) is 9.50. The van der Waals surface area contributed by atoms with Gasteiger partial charge in [-0.25, -0.2) is 4.98 Å². The van der Waals surface area contributed by atoms with Gasteiger partial charge in [-0.1, -0.05) is 18.2 Å². The minimum atomic E-state index is -0.114. The number of aromatic nitrogens is 1. The number of aliphatic imine (C=N–C) groups is 1. The maximum Gasteiger partial charge on any atom is 0.270 e. The van der Waals surface area contributed by atoms with Gasteiger partial charge in [0.2, 0.25) is 0 Å². The molecule has 6 rings (SSSR count). The van der Waals surface area contributed by atoms with E-state index in [4.69, 9.17) is 4.74 Å². The van der Waals surface area contributed by atoms with E-state index in [1.807, 2.05) is 6.07 Å². The summed E-state index contributed by atoms with van der Waals surface area (Å²) in [6.45, 7) is 6.62. The van der Waals surface area contributed by atoms with Crippen molar-refractivity contribution < 1.29 is 9.53 Å². The van der Waals surface area contributed by atoms with Crippen LogP contribution >= 0.6 is 0 Å². The van der Waals surface area contributed by atoms with E-state index in [9.17, 15) is 4.79 Å². The standard InChI is InChI=1S/C27H32N4O2/c1-28-27-9-8-23(13-27)31(17-27)15-19-4-5-20-11-22(12-21(20)10-19)30-26(32)25-7-6-24(14-29-25)33-16-18-2-3-18/h4-7,10,14,18,22-23H,1-3,8-9,11-13,15-17H2,(H,30,32). The molecule has 3 fully saturated rings. The van der Waals surface area contributed by atoms with Crippen LogP contribution in [0.5, 0.6) is 5.75 Å². The molecule has 0 radical (unpaired) electrons. The number of nitrogens with zero attached hydrogens (tertiary/aromatic N) is 3. The fourth-order valence-corrected chi connectivity index (χ4v) is 5.88. The first kappa shape index (κ1) is 20.8. The lowest BCUT2D eigenvalue weighted by Crippen LogP contribution is -2.37. The van der Waals surface area contributed by atoms with Gasteiger partial charge in [0.15, 0.2) is 0 Å². The fraction of sp³-hybridized carbons (Fsp3) is 0.519. The van der Waals surface area contributed by atoms with Crippen molar-refractivity contribution in [1.82, 2.24) is 15.2 Å². The van der Waals surface area contributed by atoms with Gasteiger partial charge in [-0.2, -0.15) is 0 Å². The number of nitrogens with one attached hydrogen (secondary N) is 1. The Morgan fingerprint density at radius 2 is 2.09 bits per heavy atom. The molecule has 3 atom stereocenters. The highest BCUT2D eigenvalue weighted by Crippen LogP contribution is 2.44. The molecule has 6 nitrogen and oxygen atoms in total. The Labute approximate surface area is 195 Å². The van der Waals surface area contributed by atoms with E-state index in [1.165, 1.54) is 42.4 Å². The predicted octanol–water partition coefficient (Wildman–Crippen LogP) is 3.58. The Morgan fingerprint density at radius 1 is 1.21 bits per heavy atom. The number of amides is 1. The van der Waals surface area contributed by atoms with Gasteiger partial charge in [0, 0.05) is 25.2 Å². The van der Waals surface area contributed by atoms with Crippen LogP contribution in [0, 0.1) is 5.92 Å². The minimum absolute atomic E-state index is 0.104. The van der Waals surface area contributed by atoms with Crippen molar-refractivity contribution in [2.75, 3.05) is 13.2 Å². The Hall–Kier alpha value is -2.73. The van der Waals surface area contributed by atoms with Crippen molar-refractivity contribution in [2.45, 2.75) is 69.1 Å². The average Bonchev–Trinajstić information content (AvgIpc) is 3.28. The molecular weight excluding hydrogens is 412 g/mol. The maximum absolute atomic E-state index is 12.7. The van der Waals surface area contributed by atoms with Crippen LogP contribution in [-0.4, -0.2) is 53.3 Å². The highest BCUT2D eigenvalue weighted by molar-refractivity contribution is 5.92. The van der Waals surface area contributed by atoms with Crippen LogP contribution in [0.1, 0.15) is 59.3 Å². The number of rotatable bonds is 8. The molecule has 4 aliphatic rings. The number of likely N-dealkylation sites (tertiary alicyclic amines) is 1. The van der Waals surface area contributed by atoms with Crippen molar-refractivity contribution in [3.63, 3.8) is 0 Å². The first-order chi connectivity index (χ1) is 16.1. The molecule has 2 heterocycles. The Balaban J connectivity index is 1.04. The topological polar surface area (TPSA) is 66.8 Å². The van der Waals surface area contributed by atoms with Crippen LogP contribution in [0.2, 0.25) is 0 Å². The number of piperidine rings is 1. The van der Waals surface area contributed by atoms with Gasteiger partial charge in [0.05, 0.1) is 18.3 Å². The summed E-state index contributed by atoms with van der Waals surface area (Å²) in [6, 6.07) is 11.2. The van der Waals surface area contributed by atoms with E-state index in [1.54, 1.807) is 12.3 Å². The summed E-state index contributed by atoms with van der Waals surface area (Å²) in [7, 11) is 0. The van der Waals surface area contributed by atoms with E-state index in [2.05, 4.69) is 45.1 Å². The normalized spacial score (nSPS) is 28.0. The largest absolute Gasteiger partial charge is 0.492 e. The van der Waals surface area contributed by atoms with Crippen LogP contribution in [0.25, 0.3) is 0 Å². The first-order valence-electron chi connectivity index (χ1n) is 12.3. The van der Waals surface area contributed by atoms with E-state index in [-0.39, 0.29) is 17.5 Å². The highest BCUT2D eigenvalue weighted by atomic mass is 16.5. The van der Waals surface area contributed by atoms with E-state index in [0.717, 1.165) is 44.7 Å². The fourth-order valence-electron chi connectivity index (χ4n) is 5.88. The summed E-state index contributed by atoms with van der Waals surface area (Å²) in [5.74, 6) is 1.32. The van der Waals surface area contributed by atoms with Crippen molar-refractivity contribution in [2.24, 2.45) is 10.9 Å². The molecule has 2 bridgehead atoms. The van der Waals surface area contributed by atoms with Crippen LogP contribution in [0.3, 0.4) is 0 Å². The number of carbonyl (C=O) groups excluding carboxylic acids is 1. The summed E-state index contributed by atoms with van der Waals surface area (Å²) in [5.41, 5.74) is 4.60. The molecule has 1 aromatic carbocycles. The van der Waals surface area contributed by atoms with Crippen LogP contribution in [0.4, 0.5) is 0 Å². The monoisotopic (exact) mass is 444 g/mol. The Morgan fingerprint density at radius 3 is 2.85 bits per heavy atom. The van der Waals surface area contributed by atoms with Gasteiger partial charge in [-0.3, -0.25) is 14.7 Å². The number of pyridine rings is 1. The predicted molar refractivity (Wildman–Crippen MR) is 128 cm³/mol. The molecule has 3 aliphatic carbocycles. The smallest absolute Gasteiger partial charge is 0.270 e. The van der Waals surface area contributed by atoms with Gasteiger partial charge in [0.1, 0.15) is 11.4 Å². The zero-order chi connectivity index (χ0) is 22.4. The molecule has 1 saturated heterocycles. The van der Waals surface area contributed by atoms with Gasteiger partial charge in [-0.15, -0.1) is 0 Å². The molecule has 33 heavy (non-hydrogen) atoms. The molecule has 172 valence electrons. The zero-order valence-electron chi connectivity index (χ0n) is 19.1. The second-order valence-corrected chi connectivity index (χ2v) is 10.5. The molecule has 0 spiro atoms. The third-order valence-corrected chi connectivity index (χ3v) is 7.98. The number of hydrogen-bond acceptors (Lipinski definition) is 5. The van der Waals surface area contributed by atoms with Crippen molar-refractivity contribution >= 4 is 12.6 Å². The van der Waals surface area contributed by atoms with Crippen LogP contribution in [-0.2, 0) is 19.4 Å². The summed E-state index contributed by atoms with van der Waals surface area (Å²) >= 11 is 0. The number of hydrogen-bond donors (Lipinski definition) is 1. The quantitative estimate of drug-likeness (QED) is 0.632. The summed E-state index contributed by atoms with van der Waals surface area (Å²) < 4.78 is 5.72. The SMILES string of the molecule is C=NC12CCC(C1)N(Cc1ccc3c(c1)CC(NC(=O)c1ccc(OCC4CC4)cn1)C3)C2. The number of carbonyl (C=O) groups is 1. The number of fused-ring (bicyclic) bond motifs is 3. The van der Waals surface area contributed by atoms with Gasteiger partial charge in [-0.05, 0) is 86.4 Å². The lowest BCUT2D eigenvalue weighted by Gasteiger charge is -2.30. The lowest BCUT2D eigenvalue weighted by atomic mass is 10.00. The van der Waals surface area contributed by atoms with E-state index >= 15 is 0 Å². The van der Waals surface area contributed by atoms with E-state index in [0.29, 0.717) is 17.7 Å². The minimum Gasteiger partial charge on any atom is -0.492 e. The van der Waals surface area contributed by atoms with E-state index < -0.39 is 0 Å². The maximum atomic E-state index is 12.7. The second-order valence-electron chi connectivity index (χ2n) is 10.5. The zero-order valence-corrected chi connectivity index (χ0v) is 19.1. The number of benzene rings is 1. The molecule has 1 aromatic heterocycles. The van der Waals surface area contributed by atoms with Crippen molar-refractivity contribution in [3.8, 4) is 5.75 Å². The van der Waals surface area contributed by atoms with Crippen molar-refractivity contribution in [1.29, 1.82) is 0 Å². The molecule has 1 aliphatic heterocycles. The lowest BCUT2D eigenvalue weighted by molar-refractivity contribution is 0.0933. The Bertz CT molecular complexity index is 1060. The highest BCUT2D eigenvalue weighted by Gasteiger charge is 2.48. The molecule has 3 unspecified atom stereocenters. The molecular formula is C27H32N4O2. The molecule has 6 heteroatoms. The number of ether oxygens (including phenoxy) is 1. The molecule has 1 N–H and O–H groups in total. The second kappa shape index (κ2) is 8.24. The van der Waals surface area contributed by atoms with Crippen LogP contribution < -0.4 is 10.1 Å². The third-order valence-electron chi connectivity index (χ3n) is 7.98. The summed E-state index contributed by atoms with van der Waals surface area (Å²) in [5, 5.41) is 3.18. The van der Waals surface area contributed by atoms with Crippen LogP contribution in [0.15, 0.2) is 41.5 Å². The van der Waals surface area contributed by atoms with Gasteiger partial charge < -0.3 is 10.1 Å².